The standard InChI is InChI=1S/C29H18F8N4O4/c1-27(30,31)12-41-24(20-22(39-40-23(20)25(41)42)17-6-4-8-19-21(17)38-26(43)45-19)16-5-2-3-7-18(16)44-15-10-13(28(32,33)34)9-14(11-15)29(35,36)37/h2-11,24H,12H2,1H3,(H,38,43)(H,39,40)/t24-/m1/s1. The van der Waals surface area contributed by atoms with Gasteiger partial charge in [-0.15, -0.1) is 0 Å². The van der Waals surface area contributed by atoms with Crippen LogP contribution >= 0.6 is 0 Å². The molecule has 0 fully saturated rings. The topological polar surface area (TPSA) is 104 Å². The summed E-state index contributed by atoms with van der Waals surface area (Å²) in [6.07, 6.45) is -10.3. The highest BCUT2D eigenvalue weighted by molar-refractivity contribution is 6.02. The quantitative estimate of drug-likeness (QED) is 0.187. The Balaban J connectivity index is 1.53. The Kier molecular flexibility index (Phi) is 6.78. The number of fused-ring (bicyclic) bond motifs is 2. The molecule has 3 heterocycles. The summed E-state index contributed by atoms with van der Waals surface area (Å²) >= 11 is 0. The number of H-pyrrole nitrogens is 2. The second kappa shape index (κ2) is 10.2. The molecule has 1 aliphatic heterocycles. The van der Waals surface area contributed by atoms with Gasteiger partial charge in [0.15, 0.2) is 5.58 Å². The first-order valence-electron chi connectivity index (χ1n) is 13.0. The zero-order valence-corrected chi connectivity index (χ0v) is 22.6. The van der Waals surface area contributed by atoms with E-state index in [9.17, 15) is 44.7 Å². The number of aromatic nitrogens is 3. The van der Waals surface area contributed by atoms with E-state index in [4.69, 9.17) is 9.15 Å². The van der Waals surface area contributed by atoms with Gasteiger partial charge in [0.2, 0.25) is 0 Å². The van der Waals surface area contributed by atoms with Crippen LogP contribution in [0.1, 0.15) is 45.7 Å². The van der Waals surface area contributed by atoms with Gasteiger partial charge in [-0.3, -0.25) is 14.9 Å². The molecule has 0 spiro atoms. The third-order valence-corrected chi connectivity index (χ3v) is 7.03. The number of hydrogen-bond donors (Lipinski definition) is 2. The summed E-state index contributed by atoms with van der Waals surface area (Å²) in [5, 5.41) is 6.74. The number of halogens is 8. The first kappa shape index (κ1) is 29.9. The van der Waals surface area contributed by atoms with E-state index < -0.39 is 59.4 Å². The molecule has 8 nitrogen and oxygen atoms in total. The van der Waals surface area contributed by atoms with Gasteiger partial charge in [0.05, 0.1) is 29.2 Å². The van der Waals surface area contributed by atoms with Crippen LogP contribution in [0, 0.1) is 0 Å². The SMILES string of the molecule is CC(F)(F)CN1C(=O)c2[nH]nc(-c3cccc4oc(=O)[nH]c34)c2[C@H]1c1ccccc1Oc1cc(C(F)(F)F)cc(C(F)(F)F)c1. The molecule has 0 aliphatic carbocycles. The van der Waals surface area contributed by atoms with Gasteiger partial charge in [-0.1, -0.05) is 30.3 Å². The van der Waals surface area contributed by atoms with Gasteiger partial charge >= 0.3 is 18.1 Å². The number of hydrogen-bond acceptors (Lipinski definition) is 5. The Morgan fingerprint density at radius 2 is 1.58 bits per heavy atom. The number of rotatable bonds is 6. The van der Waals surface area contributed by atoms with Gasteiger partial charge in [-0.25, -0.2) is 13.6 Å². The van der Waals surface area contributed by atoms with Crippen molar-refractivity contribution in [1.29, 1.82) is 0 Å². The van der Waals surface area contributed by atoms with Gasteiger partial charge < -0.3 is 14.1 Å². The zero-order chi connectivity index (χ0) is 32.5. The molecule has 5 aromatic rings. The van der Waals surface area contributed by atoms with Crippen molar-refractivity contribution in [2.24, 2.45) is 0 Å². The number of nitrogens with zero attached hydrogens (tertiary/aromatic N) is 2. The van der Waals surface area contributed by atoms with Crippen LogP contribution in [0.3, 0.4) is 0 Å². The van der Waals surface area contributed by atoms with E-state index in [1.807, 2.05) is 0 Å². The number of amides is 1. The average molecular weight is 638 g/mol. The first-order chi connectivity index (χ1) is 21.0. The van der Waals surface area contributed by atoms with E-state index in [1.165, 1.54) is 42.5 Å². The van der Waals surface area contributed by atoms with Gasteiger partial charge in [0, 0.05) is 23.6 Å². The van der Waals surface area contributed by atoms with Crippen LogP contribution in [-0.4, -0.2) is 38.5 Å². The summed E-state index contributed by atoms with van der Waals surface area (Å²) in [5.74, 6) is -6.30. The van der Waals surface area contributed by atoms with Crippen molar-refractivity contribution in [1.82, 2.24) is 20.1 Å². The van der Waals surface area contributed by atoms with E-state index in [1.54, 1.807) is 0 Å². The van der Waals surface area contributed by atoms with Crippen molar-refractivity contribution in [3.63, 3.8) is 0 Å². The number of aromatic amines is 2. The summed E-state index contributed by atoms with van der Waals surface area (Å²) in [6, 6.07) is 9.10. The number of alkyl halides is 8. The van der Waals surface area contributed by atoms with Gasteiger partial charge in [-0.05, 0) is 30.3 Å². The molecule has 6 rings (SSSR count). The van der Waals surface area contributed by atoms with E-state index in [0.717, 1.165) is 4.90 Å². The highest BCUT2D eigenvalue weighted by atomic mass is 19.4. The number of ether oxygens (including phenoxy) is 1. The predicted molar refractivity (Wildman–Crippen MR) is 141 cm³/mol. The largest absolute Gasteiger partial charge is 0.457 e. The lowest BCUT2D eigenvalue weighted by molar-refractivity contribution is -0.143. The molecule has 0 unspecified atom stereocenters. The number of nitrogens with one attached hydrogen (secondary N) is 2. The molecule has 1 atom stereocenters. The Hall–Kier alpha value is -5.15. The number of oxazole rings is 1. The minimum absolute atomic E-state index is 0.0427. The molecular weight excluding hydrogens is 620 g/mol. The fourth-order valence-electron chi connectivity index (χ4n) is 5.27. The van der Waals surface area contributed by atoms with Crippen molar-refractivity contribution in [2.75, 3.05) is 6.54 Å². The molecule has 0 radical (unpaired) electrons. The summed E-state index contributed by atoms with van der Waals surface area (Å²) in [6.45, 7) is -0.550. The number of para-hydroxylation sites is 2. The van der Waals surface area contributed by atoms with Crippen molar-refractivity contribution in [3.05, 3.63) is 99.2 Å². The van der Waals surface area contributed by atoms with Gasteiger partial charge in [-0.2, -0.15) is 31.4 Å². The van der Waals surface area contributed by atoms with E-state index in [-0.39, 0.29) is 51.0 Å². The third kappa shape index (κ3) is 5.51. The maximum absolute atomic E-state index is 14.4. The third-order valence-electron chi connectivity index (χ3n) is 7.03. The van der Waals surface area contributed by atoms with Gasteiger partial charge in [0.25, 0.3) is 11.8 Å². The summed E-state index contributed by atoms with van der Waals surface area (Å²) < 4.78 is 121. The van der Waals surface area contributed by atoms with Crippen molar-refractivity contribution in [2.45, 2.75) is 31.2 Å². The summed E-state index contributed by atoms with van der Waals surface area (Å²) in [4.78, 5) is 28.7. The number of carbonyl (C=O) groups excluding carboxylic acids is 1. The van der Waals surface area contributed by atoms with Crippen LogP contribution in [-0.2, 0) is 12.4 Å². The highest BCUT2D eigenvalue weighted by Gasteiger charge is 2.46. The molecule has 0 saturated heterocycles. The zero-order valence-electron chi connectivity index (χ0n) is 22.6. The number of carbonyl (C=O) groups is 1. The maximum Gasteiger partial charge on any atom is 0.417 e. The van der Waals surface area contributed by atoms with E-state index in [2.05, 4.69) is 15.2 Å². The molecule has 16 heteroatoms. The molecule has 2 aromatic heterocycles. The van der Waals surface area contributed by atoms with Gasteiger partial charge in [0.1, 0.15) is 22.9 Å². The molecule has 2 N–H and O–H groups in total. The minimum Gasteiger partial charge on any atom is -0.457 e. The van der Waals surface area contributed by atoms with Crippen molar-refractivity contribution >= 4 is 17.0 Å². The molecule has 1 amide bonds. The lowest BCUT2D eigenvalue weighted by atomic mass is 9.94. The lowest BCUT2D eigenvalue weighted by Crippen LogP contribution is -2.38. The van der Waals surface area contributed by atoms with Crippen LogP contribution in [0.15, 0.2) is 69.9 Å². The van der Waals surface area contributed by atoms with Crippen molar-refractivity contribution < 1.29 is 49.1 Å². The second-order valence-electron chi connectivity index (χ2n) is 10.3. The monoisotopic (exact) mass is 638 g/mol. The predicted octanol–water partition coefficient (Wildman–Crippen LogP) is 7.54. The smallest absolute Gasteiger partial charge is 0.417 e. The highest BCUT2D eigenvalue weighted by Crippen LogP contribution is 2.48. The Bertz CT molecular complexity index is 1970. The number of benzene rings is 3. The fourth-order valence-corrected chi connectivity index (χ4v) is 5.27. The Morgan fingerprint density at radius 3 is 2.22 bits per heavy atom. The second-order valence-corrected chi connectivity index (χ2v) is 10.3. The maximum atomic E-state index is 14.4. The molecule has 3 aromatic carbocycles. The van der Waals surface area contributed by atoms with Crippen LogP contribution in [0.4, 0.5) is 35.1 Å². The molecule has 234 valence electrons. The lowest BCUT2D eigenvalue weighted by Gasteiger charge is -2.29. The van der Waals surface area contributed by atoms with E-state index >= 15 is 0 Å². The Labute approximate surface area is 246 Å². The van der Waals surface area contributed by atoms with Crippen LogP contribution in [0.2, 0.25) is 0 Å². The normalized spacial score (nSPS) is 15.6. The molecule has 45 heavy (non-hydrogen) atoms. The first-order valence-corrected chi connectivity index (χ1v) is 13.0. The summed E-state index contributed by atoms with van der Waals surface area (Å²) in [7, 11) is 0. The minimum atomic E-state index is -5.16. The average Bonchev–Trinajstić information content (AvgIpc) is 3.60. The molecule has 0 saturated carbocycles. The molecular formula is C29H18F8N4O4. The molecule has 0 bridgehead atoms. The van der Waals surface area contributed by atoms with Crippen LogP contribution in [0.5, 0.6) is 11.5 Å². The Morgan fingerprint density at radius 1 is 0.911 bits per heavy atom. The van der Waals surface area contributed by atoms with E-state index in [0.29, 0.717) is 19.1 Å². The fraction of sp³-hybridized carbons (Fsp3) is 0.207. The van der Waals surface area contributed by atoms with Crippen molar-refractivity contribution in [3.8, 4) is 22.8 Å². The summed E-state index contributed by atoms with van der Waals surface area (Å²) in [5.41, 5.74) is -2.87. The van der Waals surface area contributed by atoms with Crippen LogP contribution in [0.25, 0.3) is 22.4 Å². The molecule has 1 aliphatic rings. The van der Waals surface area contributed by atoms with Crippen LogP contribution < -0.4 is 10.5 Å².